The smallest absolute Gasteiger partial charge is 0.351 e. The molecule has 0 spiro atoms. The summed E-state index contributed by atoms with van der Waals surface area (Å²) in [5, 5.41) is 11.8. The molecular formula is C76H106N19O41P5S4-4. The van der Waals surface area contributed by atoms with Gasteiger partial charge in [0, 0.05) is 89.0 Å². The van der Waals surface area contributed by atoms with Crippen LogP contribution in [0.5, 0.6) is 0 Å². The number of hydrogen-bond donors (Lipinski definition) is 9. The molecule has 12 N–H and O–H groups in total. The van der Waals surface area contributed by atoms with Crippen molar-refractivity contribution in [2.75, 3.05) is 152 Å². The second kappa shape index (κ2) is 49.0. The Labute approximate surface area is 839 Å². The van der Waals surface area contributed by atoms with Crippen molar-refractivity contribution in [3.8, 4) is 0 Å². The van der Waals surface area contributed by atoms with Crippen LogP contribution in [0.2, 0.25) is 0 Å². The topological polar surface area (TPSA) is 768 Å². The Balaban J connectivity index is 0.765. The average molecular weight is 2220 g/mol. The molecule has 14 heterocycles. The van der Waals surface area contributed by atoms with Gasteiger partial charge in [0.05, 0.1) is 124 Å². The standard InChI is InChI=1S/C76H110N19O41P5S4/c1-11-39-40(22-46(126-39)90-24-36(3)63(97)87-74(90)102)132-138(107,142)123-30-44-52(57(119-20-15-114-9)69(129-44)93-26-38(5)65(99)89-76(93)104)136-140(109,144)124-29-43-50(55(117-18-13-112-7)70(131-43)94-33-82-47-60(78)80-32-81-61(47)94)133-137(105,106)121-28-42-51(58(120-21-16-115-10)71(130-42)95-34-83-48-62(95)85-72(79)86-66(48)100)134-141(110,145)125-31-45-53(56(118-19-14-113-8)68(128-45)91-23-35(2)59(77)84-73(91)101)135-139(108,143)122-27-41-49(96)54(116-17-12-111-6)67(127-41)92-25-37(4)64(98)88-75(92)103/h23-26,32-34,39-46,49-58,67-71,96H,11-22,27-31H2,1-10H3,(H,105,106)(H,107,142)(H,108,143)(H,109,144)(H,110,145)(H2,77,84,101)(H2,78,80,81)(H,87,97,102)(H,88,98,103)(H,89,99,104)(H3,79,85,86,100)/p-4/t39-,40-,41-,42-,43-,44-,45-,46-,49+,50+,51+,52+,53+,54?,55?,56?,57?,58?,67-,68-,69-,70-,71-,138?,139?,140?,141?/m1/s1. The fraction of sp³-hybridized carbons (Fsp3) is 0.658. The Bertz CT molecular complexity index is 6640. The largest absolute Gasteiger partial charge is 0.780 e. The van der Waals surface area contributed by atoms with Crippen molar-refractivity contribution in [3.63, 3.8) is 0 Å². The zero-order valence-electron chi connectivity index (χ0n) is 78.6. The highest BCUT2D eigenvalue weighted by atomic mass is 32.7. The molecule has 145 heavy (non-hydrogen) atoms. The van der Waals surface area contributed by atoms with Crippen molar-refractivity contribution in [3.05, 3.63) is 149 Å². The summed E-state index contributed by atoms with van der Waals surface area (Å²) in [5.74, 6) is -0.782. The van der Waals surface area contributed by atoms with Crippen LogP contribution in [0.1, 0.15) is 79.4 Å². The van der Waals surface area contributed by atoms with Gasteiger partial charge in [-0.2, -0.15) is 9.97 Å². The van der Waals surface area contributed by atoms with E-state index < -0.39 is 266 Å². The Morgan fingerprint density at radius 2 is 0.834 bits per heavy atom. The summed E-state index contributed by atoms with van der Waals surface area (Å²) >= 11 is 22.5. The normalized spacial score (nSPS) is 29.2. The summed E-state index contributed by atoms with van der Waals surface area (Å²) in [5.41, 5.74) is 11.4. The molecule has 10 unspecified atom stereocenters. The van der Waals surface area contributed by atoms with Crippen molar-refractivity contribution < 1.29 is 155 Å². The number of phosphoric ester groups is 1. The number of H-pyrrole nitrogens is 4. The van der Waals surface area contributed by atoms with Gasteiger partial charge >= 0.3 is 29.5 Å². The van der Waals surface area contributed by atoms with Gasteiger partial charge in [0.15, 0.2) is 60.6 Å². The van der Waals surface area contributed by atoms with E-state index in [0.717, 1.165) is 47.9 Å². The fourth-order valence-electron chi connectivity index (χ4n) is 16.5. The van der Waals surface area contributed by atoms with Gasteiger partial charge in [-0.15, -0.1) is 0 Å². The van der Waals surface area contributed by atoms with Crippen LogP contribution < -0.4 is 76.9 Å². The number of aromatic amines is 4. The van der Waals surface area contributed by atoms with E-state index in [-0.39, 0.29) is 129 Å². The molecule has 60 nitrogen and oxygen atoms in total. The number of nitrogens with one attached hydrogen (secondary N) is 4. The van der Waals surface area contributed by atoms with E-state index >= 15 is 18.9 Å². The van der Waals surface area contributed by atoms with E-state index in [1.807, 2.05) is 0 Å². The molecule has 0 aromatic carbocycles. The van der Waals surface area contributed by atoms with Crippen LogP contribution in [0.3, 0.4) is 0 Å². The van der Waals surface area contributed by atoms with Crippen LogP contribution in [-0.4, -0.2) is 326 Å². The van der Waals surface area contributed by atoms with Crippen LogP contribution in [0.25, 0.3) is 22.3 Å². The average Bonchev–Trinajstić information content (AvgIpc) is 1.60. The number of hydrogen-bond acceptors (Lipinski definition) is 53. The predicted molar refractivity (Wildman–Crippen MR) is 502 cm³/mol. The number of aromatic nitrogens is 16. The van der Waals surface area contributed by atoms with E-state index in [4.69, 9.17) is 186 Å². The number of nitrogens with zero attached hydrogens (tertiary/aromatic N) is 12. The minimum atomic E-state index is -6.17. The third-order valence-corrected chi connectivity index (χ3v) is 30.6. The molecule has 0 amide bonds. The molecule has 804 valence electrons. The molecule has 6 fully saturated rings. The van der Waals surface area contributed by atoms with Crippen molar-refractivity contribution in [1.29, 1.82) is 0 Å². The lowest BCUT2D eigenvalue weighted by atomic mass is 10.1. The number of methoxy groups -OCH3 is 5. The first kappa shape index (κ1) is 113. The molecule has 8 aromatic heterocycles. The summed E-state index contributed by atoms with van der Waals surface area (Å²) in [4.78, 5) is 197. The first-order valence-electron chi connectivity index (χ1n) is 44.2. The molecule has 0 radical (unpaired) electrons. The maximum absolute atomic E-state index is 15.6. The summed E-state index contributed by atoms with van der Waals surface area (Å²) < 4.78 is 194. The molecule has 6 aliphatic heterocycles. The predicted octanol–water partition coefficient (Wildman–Crippen LogP) is -3.93. The van der Waals surface area contributed by atoms with Gasteiger partial charge in [-0.25, -0.2) is 39.1 Å². The molecule has 28 atom stereocenters. The number of nitrogen functional groups attached to an aromatic ring is 3. The van der Waals surface area contributed by atoms with E-state index in [1.165, 1.54) is 86.5 Å². The Morgan fingerprint density at radius 1 is 0.434 bits per heavy atom. The highest BCUT2D eigenvalue weighted by molar-refractivity contribution is 8.32. The number of aliphatic hydroxyl groups excluding tert-OH is 1. The summed E-state index contributed by atoms with van der Waals surface area (Å²) in [7, 11) is 0.490. The third-order valence-electron chi connectivity index (χ3n) is 23.4. The zero-order chi connectivity index (χ0) is 105. The number of rotatable bonds is 52. The zero-order valence-corrected chi connectivity index (χ0v) is 86.4. The molecule has 6 aliphatic rings. The van der Waals surface area contributed by atoms with Crippen molar-refractivity contribution in [1.82, 2.24) is 77.2 Å². The van der Waals surface area contributed by atoms with Crippen LogP contribution >= 0.6 is 34.8 Å². The van der Waals surface area contributed by atoms with Gasteiger partial charge in [-0.1, -0.05) is 30.5 Å². The van der Waals surface area contributed by atoms with Gasteiger partial charge in [0.1, 0.15) is 129 Å². The van der Waals surface area contributed by atoms with Crippen LogP contribution in [-0.2, 0) is 178 Å². The number of aryl methyl sites for hydroxylation is 4. The van der Waals surface area contributed by atoms with Gasteiger partial charge < -0.3 is 175 Å². The van der Waals surface area contributed by atoms with Crippen LogP contribution in [0.4, 0.5) is 17.6 Å². The number of ether oxygens (including phenoxy) is 16. The molecule has 0 saturated carbocycles. The van der Waals surface area contributed by atoms with E-state index in [2.05, 4.69) is 49.8 Å². The second-order valence-electron chi connectivity index (χ2n) is 33.2. The second-order valence-corrected chi connectivity index (χ2v) is 45.5. The highest BCUT2D eigenvalue weighted by Crippen LogP contribution is 2.57. The lowest BCUT2D eigenvalue weighted by Gasteiger charge is -2.36. The van der Waals surface area contributed by atoms with Crippen LogP contribution in [0.15, 0.2) is 82.1 Å². The molecule has 14 rings (SSSR count). The third kappa shape index (κ3) is 27.1. The van der Waals surface area contributed by atoms with Crippen molar-refractivity contribution in [2.24, 2.45) is 0 Å². The quantitative estimate of drug-likeness (QED) is 0.00999. The van der Waals surface area contributed by atoms with Gasteiger partial charge in [-0.3, -0.25) is 75.6 Å². The molecule has 8 aromatic rings. The molecule has 6 saturated heterocycles. The molecule has 0 aliphatic carbocycles. The van der Waals surface area contributed by atoms with E-state index in [0.29, 0.717) is 0 Å². The lowest BCUT2D eigenvalue weighted by molar-refractivity contribution is -0.238. The summed E-state index contributed by atoms with van der Waals surface area (Å²) in [6, 6.07) is 0. The van der Waals surface area contributed by atoms with Crippen molar-refractivity contribution in [2.45, 2.75) is 189 Å². The number of aliphatic hydroxyl groups is 1. The number of anilines is 3. The van der Waals surface area contributed by atoms with Crippen LogP contribution in [0, 0.1) is 27.7 Å². The Kier molecular flexibility index (Phi) is 38.3. The maximum Gasteiger partial charge on any atom is 0.351 e. The van der Waals surface area contributed by atoms with Gasteiger partial charge in [0.2, 0.25) is 5.95 Å². The first-order chi connectivity index (χ1) is 68.9. The molecule has 69 heteroatoms. The lowest BCUT2D eigenvalue weighted by Crippen LogP contribution is -2.42. The number of fused-ring (bicyclic) bond motifs is 2. The summed E-state index contributed by atoms with van der Waals surface area (Å²) in [6.07, 6.45) is -29.5. The molecular weight excluding hydrogens is 2120 g/mol. The fourth-order valence-corrected chi connectivity index (χ4v) is 23.2. The Hall–Kier alpha value is -7.26. The first-order valence-corrected chi connectivity index (χ1v) is 55.9. The van der Waals surface area contributed by atoms with E-state index in [1.54, 1.807) is 6.92 Å². The minimum absolute atomic E-state index is 0.000631. The Morgan fingerprint density at radius 3 is 1.33 bits per heavy atom. The number of phosphoric acid groups is 1. The maximum atomic E-state index is 15.6. The number of nitrogens with two attached hydrogens (primary N) is 3. The SMILES string of the molecule is CC[C@H]1O[C@@H](n2cc(C)c(=O)[nH]c2=O)C[C@H]1OP(O)(=S)OC[C@H]1O[C@@H](n2cc(C)c(=O)[nH]c2=O)C(OCCOC)[C@H]1OP([O-])(=S)OC[C@H]1O[C@@H](n2cnc3c(N)ncnc32)C(OCCOC)[C@H]1OP(=O)([O-])OC[C@H]1O[C@@H](n2cnc3c(=O)[nH]c(N)nc32)C(OCCOC)[C@H]1OP(=O)([S-])OC[C@H]1O[C@@H](n2cc(C)c(N)nc2=O)C(OCCOC)[C@H]1OP([O-])(=S)OC[C@H]1O[C@@H](n2cc(C)c(=O)[nH]c2=O)C(OCCOC)[C@H]1O. The van der Waals surface area contributed by atoms with Gasteiger partial charge in [0.25, 0.3) is 30.1 Å². The number of imidazole rings is 2. The van der Waals surface area contributed by atoms with Gasteiger partial charge in [-0.05, 0) is 45.9 Å². The summed E-state index contributed by atoms with van der Waals surface area (Å²) in [6.45, 7) is -20.3. The van der Waals surface area contributed by atoms with Crippen molar-refractivity contribution >= 4 is 122 Å². The minimum Gasteiger partial charge on any atom is -0.780 e. The monoisotopic (exact) mass is 2220 g/mol. The highest BCUT2D eigenvalue weighted by Gasteiger charge is 2.57. The van der Waals surface area contributed by atoms with E-state index in [9.17, 15) is 53.2 Å². The molecule has 0 bridgehead atoms.